The SMILES string of the molecule is CCCc1cnc(OC)c(C(N)=O)n1. The predicted molar refractivity (Wildman–Crippen MR) is 51.1 cm³/mol. The summed E-state index contributed by atoms with van der Waals surface area (Å²) in [5.74, 6) is -0.440. The van der Waals surface area contributed by atoms with E-state index < -0.39 is 5.91 Å². The molecule has 0 atom stereocenters. The minimum Gasteiger partial charge on any atom is -0.479 e. The first-order valence-electron chi connectivity index (χ1n) is 4.38. The van der Waals surface area contributed by atoms with Crippen LogP contribution in [0.4, 0.5) is 0 Å². The number of carbonyl (C=O) groups is 1. The lowest BCUT2D eigenvalue weighted by atomic mass is 10.2. The predicted octanol–water partition coefficient (Wildman–Crippen LogP) is 0.537. The minimum absolute atomic E-state index is 0.0958. The van der Waals surface area contributed by atoms with Crippen LogP contribution in [0.25, 0.3) is 0 Å². The Hall–Kier alpha value is -1.65. The van der Waals surface area contributed by atoms with Gasteiger partial charge in [0.1, 0.15) is 0 Å². The summed E-state index contributed by atoms with van der Waals surface area (Å²) in [6, 6.07) is 0. The van der Waals surface area contributed by atoms with Crippen molar-refractivity contribution in [2.45, 2.75) is 19.8 Å². The van der Waals surface area contributed by atoms with Gasteiger partial charge in [-0.3, -0.25) is 4.79 Å². The second-order valence-corrected chi connectivity index (χ2v) is 2.83. The number of aryl methyl sites for hydroxylation is 1. The van der Waals surface area contributed by atoms with Crippen molar-refractivity contribution in [3.63, 3.8) is 0 Å². The Balaban J connectivity index is 3.07. The first-order valence-corrected chi connectivity index (χ1v) is 4.38. The second-order valence-electron chi connectivity index (χ2n) is 2.83. The van der Waals surface area contributed by atoms with E-state index in [1.54, 1.807) is 6.20 Å². The number of nitrogens with two attached hydrogens (primary N) is 1. The van der Waals surface area contributed by atoms with E-state index >= 15 is 0 Å². The molecule has 1 rings (SSSR count). The van der Waals surface area contributed by atoms with Crippen molar-refractivity contribution in [2.24, 2.45) is 5.73 Å². The molecule has 5 heteroatoms. The number of ether oxygens (including phenoxy) is 1. The summed E-state index contributed by atoms with van der Waals surface area (Å²) >= 11 is 0. The fourth-order valence-electron chi connectivity index (χ4n) is 1.10. The standard InChI is InChI=1S/C9H13N3O2/c1-3-4-6-5-11-9(14-2)7(12-6)8(10)13/h5H,3-4H2,1-2H3,(H2,10,13). The van der Waals surface area contributed by atoms with Crippen LogP contribution in [0.2, 0.25) is 0 Å². The highest BCUT2D eigenvalue weighted by Crippen LogP contribution is 2.12. The number of nitrogens with zero attached hydrogens (tertiary/aromatic N) is 2. The maximum Gasteiger partial charge on any atom is 0.272 e. The van der Waals surface area contributed by atoms with Gasteiger partial charge in [0, 0.05) is 0 Å². The van der Waals surface area contributed by atoms with E-state index in [1.165, 1.54) is 7.11 Å². The normalized spacial score (nSPS) is 9.86. The van der Waals surface area contributed by atoms with Crippen LogP contribution < -0.4 is 10.5 Å². The third-order valence-electron chi connectivity index (χ3n) is 1.72. The van der Waals surface area contributed by atoms with E-state index in [1.807, 2.05) is 6.92 Å². The summed E-state index contributed by atoms with van der Waals surface area (Å²) in [6.45, 7) is 2.02. The Morgan fingerprint density at radius 2 is 2.36 bits per heavy atom. The number of hydrogen-bond acceptors (Lipinski definition) is 4. The molecule has 0 fully saturated rings. The highest BCUT2D eigenvalue weighted by molar-refractivity contribution is 5.92. The van der Waals surface area contributed by atoms with Crippen molar-refractivity contribution in [1.29, 1.82) is 0 Å². The first kappa shape index (κ1) is 10.4. The zero-order valence-corrected chi connectivity index (χ0v) is 8.28. The lowest BCUT2D eigenvalue weighted by molar-refractivity contribution is 0.0991. The molecule has 0 saturated heterocycles. The third kappa shape index (κ3) is 2.18. The van der Waals surface area contributed by atoms with Gasteiger partial charge >= 0.3 is 0 Å². The minimum atomic E-state index is -0.618. The van der Waals surface area contributed by atoms with Crippen LogP contribution in [0.5, 0.6) is 5.88 Å². The highest BCUT2D eigenvalue weighted by atomic mass is 16.5. The molecular formula is C9H13N3O2. The van der Waals surface area contributed by atoms with E-state index in [0.29, 0.717) is 0 Å². The average molecular weight is 195 g/mol. The maximum atomic E-state index is 11.0. The summed E-state index contributed by atoms with van der Waals surface area (Å²) < 4.78 is 4.87. The third-order valence-corrected chi connectivity index (χ3v) is 1.72. The summed E-state index contributed by atoms with van der Waals surface area (Å²) in [5.41, 5.74) is 5.98. The van der Waals surface area contributed by atoms with Crippen molar-refractivity contribution < 1.29 is 9.53 Å². The zero-order chi connectivity index (χ0) is 10.6. The van der Waals surface area contributed by atoms with Gasteiger partial charge in [0.15, 0.2) is 5.69 Å². The quantitative estimate of drug-likeness (QED) is 0.760. The molecule has 0 radical (unpaired) electrons. The molecule has 0 unspecified atom stereocenters. The molecule has 0 aliphatic heterocycles. The molecule has 1 aromatic heterocycles. The molecule has 14 heavy (non-hydrogen) atoms. The molecule has 5 nitrogen and oxygen atoms in total. The number of aromatic nitrogens is 2. The van der Waals surface area contributed by atoms with Gasteiger partial charge < -0.3 is 10.5 Å². The molecule has 0 aromatic carbocycles. The molecular weight excluding hydrogens is 182 g/mol. The van der Waals surface area contributed by atoms with Gasteiger partial charge in [-0.25, -0.2) is 9.97 Å². The smallest absolute Gasteiger partial charge is 0.272 e. The number of hydrogen-bond donors (Lipinski definition) is 1. The first-order chi connectivity index (χ1) is 6.69. The molecule has 1 heterocycles. The summed E-state index contributed by atoms with van der Waals surface area (Å²) in [5, 5.41) is 0. The van der Waals surface area contributed by atoms with Gasteiger partial charge in [0.05, 0.1) is 19.0 Å². The Morgan fingerprint density at radius 3 is 2.86 bits per heavy atom. The molecule has 0 saturated carbocycles. The van der Waals surface area contributed by atoms with Crippen molar-refractivity contribution >= 4 is 5.91 Å². The van der Waals surface area contributed by atoms with E-state index in [2.05, 4.69) is 9.97 Å². The molecule has 0 bridgehead atoms. The molecule has 1 amide bonds. The average Bonchev–Trinajstić information content (AvgIpc) is 2.18. The molecule has 2 N–H and O–H groups in total. The number of amides is 1. The van der Waals surface area contributed by atoms with Gasteiger partial charge in [0.2, 0.25) is 5.88 Å². The Bertz CT molecular complexity index is 339. The van der Waals surface area contributed by atoms with Crippen LogP contribution in [-0.2, 0) is 6.42 Å². The lowest BCUT2D eigenvalue weighted by Crippen LogP contribution is -2.16. The van der Waals surface area contributed by atoms with Gasteiger partial charge in [-0.15, -0.1) is 0 Å². The second kappa shape index (κ2) is 4.55. The van der Waals surface area contributed by atoms with E-state index in [4.69, 9.17) is 10.5 Å². The number of primary amides is 1. The summed E-state index contributed by atoms with van der Waals surface area (Å²) in [4.78, 5) is 19.0. The van der Waals surface area contributed by atoms with Crippen LogP contribution in [0.15, 0.2) is 6.20 Å². The van der Waals surface area contributed by atoms with Crippen LogP contribution in [0, 0.1) is 0 Å². The number of carbonyl (C=O) groups excluding carboxylic acids is 1. The lowest BCUT2D eigenvalue weighted by Gasteiger charge is -2.04. The number of rotatable bonds is 4. The zero-order valence-electron chi connectivity index (χ0n) is 8.28. The van der Waals surface area contributed by atoms with Crippen LogP contribution in [-0.4, -0.2) is 23.0 Å². The Kier molecular flexibility index (Phi) is 3.39. The molecule has 0 aliphatic carbocycles. The number of methoxy groups -OCH3 is 1. The molecule has 1 aromatic rings. The highest BCUT2D eigenvalue weighted by Gasteiger charge is 2.12. The maximum absolute atomic E-state index is 11.0. The molecule has 76 valence electrons. The van der Waals surface area contributed by atoms with Crippen molar-refractivity contribution in [3.8, 4) is 5.88 Å². The van der Waals surface area contributed by atoms with E-state index in [0.717, 1.165) is 18.5 Å². The van der Waals surface area contributed by atoms with Gasteiger partial charge in [-0.1, -0.05) is 13.3 Å². The molecule has 0 spiro atoms. The largest absolute Gasteiger partial charge is 0.479 e. The fourth-order valence-corrected chi connectivity index (χ4v) is 1.10. The van der Waals surface area contributed by atoms with Crippen molar-refractivity contribution in [2.75, 3.05) is 7.11 Å². The Labute approximate surface area is 82.3 Å². The van der Waals surface area contributed by atoms with Crippen LogP contribution in [0.3, 0.4) is 0 Å². The molecule has 0 aliphatic rings. The van der Waals surface area contributed by atoms with Crippen LogP contribution >= 0.6 is 0 Å². The topological polar surface area (TPSA) is 78.1 Å². The monoisotopic (exact) mass is 195 g/mol. The van der Waals surface area contributed by atoms with Crippen LogP contribution in [0.1, 0.15) is 29.5 Å². The Morgan fingerprint density at radius 1 is 1.64 bits per heavy atom. The van der Waals surface area contributed by atoms with Crippen molar-refractivity contribution in [3.05, 3.63) is 17.6 Å². The van der Waals surface area contributed by atoms with Crippen molar-refractivity contribution in [1.82, 2.24) is 9.97 Å². The summed E-state index contributed by atoms with van der Waals surface area (Å²) in [6.07, 6.45) is 3.31. The van der Waals surface area contributed by atoms with Gasteiger partial charge in [-0.2, -0.15) is 0 Å². The summed E-state index contributed by atoms with van der Waals surface area (Å²) in [7, 11) is 1.43. The van der Waals surface area contributed by atoms with Gasteiger partial charge in [0.25, 0.3) is 5.91 Å². The fraction of sp³-hybridized carbons (Fsp3) is 0.444. The van der Waals surface area contributed by atoms with E-state index in [9.17, 15) is 4.79 Å². The van der Waals surface area contributed by atoms with Gasteiger partial charge in [-0.05, 0) is 6.42 Å². The van der Waals surface area contributed by atoms with E-state index in [-0.39, 0.29) is 11.6 Å².